The van der Waals surface area contributed by atoms with Gasteiger partial charge in [0.15, 0.2) is 5.69 Å². The number of nitrogens with zero attached hydrogens (tertiary/aromatic N) is 3. The van der Waals surface area contributed by atoms with Crippen LogP contribution in [0.1, 0.15) is 12.1 Å². The number of β-amino-alcohol motifs (C(OH)–C–C–N with tert-alkyl or cyclic N) is 1. The highest BCUT2D eigenvalue weighted by atomic mass is 35.5. The highest BCUT2D eigenvalue weighted by molar-refractivity contribution is 6.31. The van der Waals surface area contributed by atoms with Crippen LogP contribution < -0.4 is 4.90 Å². The molecule has 4 nitrogen and oxygen atoms in total. The van der Waals surface area contributed by atoms with Crippen molar-refractivity contribution >= 4 is 17.4 Å². The zero-order chi connectivity index (χ0) is 10.8. The van der Waals surface area contributed by atoms with Crippen LogP contribution in [0.25, 0.3) is 0 Å². The summed E-state index contributed by atoms with van der Waals surface area (Å²) in [5.74, 6) is 0.701. The Morgan fingerprint density at radius 1 is 1.60 bits per heavy atom. The fourth-order valence-electron chi connectivity index (χ4n) is 1.64. The maximum atomic E-state index is 9.38. The zero-order valence-electron chi connectivity index (χ0n) is 8.02. The monoisotopic (exact) mass is 223 g/mol. The van der Waals surface area contributed by atoms with E-state index >= 15 is 0 Å². The van der Waals surface area contributed by atoms with Crippen molar-refractivity contribution in [2.75, 3.05) is 18.0 Å². The van der Waals surface area contributed by atoms with Crippen LogP contribution in [0.5, 0.6) is 0 Å². The molecule has 0 radical (unpaired) electrons. The summed E-state index contributed by atoms with van der Waals surface area (Å²) < 4.78 is 0. The summed E-state index contributed by atoms with van der Waals surface area (Å²) in [6.45, 7) is 1.33. The number of aromatic nitrogens is 1. The van der Waals surface area contributed by atoms with Crippen molar-refractivity contribution in [2.45, 2.75) is 12.5 Å². The average Bonchev–Trinajstić information content (AvgIpc) is 2.66. The summed E-state index contributed by atoms with van der Waals surface area (Å²) in [7, 11) is 0. The number of aliphatic hydroxyl groups excluding tert-OH is 1. The van der Waals surface area contributed by atoms with Crippen molar-refractivity contribution in [1.29, 1.82) is 5.26 Å². The van der Waals surface area contributed by atoms with Crippen molar-refractivity contribution in [3.05, 3.63) is 22.8 Å². The van der Waals surface area contributed by atoms with Gasteiger partial charge >= 0.3 is 0 Å². The zero-order valence-corrected chi connectivity index (χ0v) is 8.78. The van der Waals surface area contributed by atoms with Crippen LogP contribution in [0.15, 0.2) is 12.1 Å². The van der Waals surface area contributed by atoms with Crippen LogP contribution in [0.3, 0.4) is 0 Å². The lowest BCUT2D eigenvalue weighted by Gasteiger charge is -2.16. The second-order valence-corrected chi connectivity index (χ2v) is 3.91. The fraction of sp³-hybridized carbons (Fsp3) is 0.400. The van der Waals surface area contributed by atoms with Crippen LogP contribution in [0, 0.1) is 11.3 Å². The van der Waals surface area contributed by atoms with E-state index in [0.29, 0.717) is 17.4 Å². The molecule has 1 N–H and O–H groups in total. The second-order valence-electron chi connectivity index (χ2n) is 3.50. The molecule has 1 aromatic heterocycles. The predicted octanol–water partition coefficient (Wildman–Crippen LogP) is 1.18. The summed E-state index contributed by atoms with van der Waals surface area (Å²) in [5.41, 5.74) is 0.232. The third kappa shape index (κ3) is 2.04. The van der Waals surface area contributed by atoms with E-state index in [1.807, 2.05) is 11.0 Å². The molecule has 78 valence electrons. The maximum absolute atomic E-state index is 9.38. The highest BCUT2D eigenvalue weighted by Gasteiger charge is 2.21. The Balaban J connectivity index is 2.26. The van der Waals surface area contributed by atoms with Gasteiger partial charge in [-0.3, -0.25) is 0 Å². The Labute approximate surface area is 92.7 Å². The fourth-order valence-corrected chi connectivity index (χ4v) is 1.78. The Kier molecular flexibility index (Phi) is 2.76. The third-order valence-electron chi connectivity index (χ3n) is 2.42. The second kappa shape index (κ2) is 4.05. The van der Waals surface area contributed by atoms with Crippen LogP contribution in [0.2, 0.25) is 5.02 Å². The number of anilines is 1. The van der Waals surface area contributed by atoms with Crippen LogP contribution >= 0.6 is 11.6 Å². The summed E-state index contributed by atoms with van der Waals surface area (Å²) >= 11 is 5.78. The predicted molar refractivity (Wildman–Crippen MR) is 56.8 cm³/mol. The largest absolute Gasteiger partial charge is 0.391 e. The molecule has 0 bridgehead atoms. The molecule has 2 heterocycles. The first-order valence-corrected chi connectivity index (χ1v) is 5.08. The lowest BCUT2D eigenvalue weighted by molar-refractivity contribution is 0.198. The van der Waals surface area contributed by atoms with E-state index in [1.165, 1.54) is 0 Å². The van der Waals surface area contributed by atoms with Gasteiger partial charge in [0.1, 0.15) is 11.9 Å². The van der Waals surface area contributed by atoms with Gasteiger partial charge in [-0.25, -0.2) is 4.98 Å². The molecule has 1 saturated heterocycles. The summed E-state index contributed by atoms with van der Waals surface area (Å²) in [5, 5.41) is 18.5. The average molecular weight is 224 g/mol. The van der Waals surface area contributed by atoms with Crippen molar-refractivity contribution in [1.82, 2.24) is 4.98 Å². The highest BCUT2D eigenvalue weighted by Crippen LogP contribution is 2.21. The van der Waals surface area contributed by atoms with E-state index in [1.54, 1.807) is 12.1 Å². The third-order valence-corrected chi connectivity index (χ3v) is 2.73. The van der Waals surface area contributed by atoms with Gasteiger partial charge in [0, 0.05) is 13.1 Å². The lowest BCUT2D eigenvalue weighted by Crippen LogP contribution is -2.22. The molecule has 0 aromatic carbocycles. The minimum absolute atomic E-state index is 0.232. The van der Waals surface area contributed by atoms with Gasteiger partial charge in [0.2, 0.25) is 0 Å². The normalized spacial score (nSPS) is 20.3. The van der Waals surface area contributed by atoms with E-state index in [9.17, 15) is 5.11 Å². The first kappa shape index (κ1) is 10.2. The molecule has 15 heavy (non-hydrogen) atoms. The van der Waals surface area contributed by atoms with Gasteiger partial charge < -0.3 is 10.0 Å². The molecular formula is C10H10ClN3O. The van der Waals surface area contributed by atoms with Crippen molar-refractivity contribution in [3.8, 4) is 6.07 Å². The molecule has 1 aliphatic rings. The number of pyridine rings is 1. The number of hydrogen-bond donors (Lipinski definition) is 1. The number of nitriles is 1. The van der Waals surface area contributed by atoms with E-state index in [0.717, 1.165) is 13.0 Å². The van der Waals surface area contributed by atoms with Crippen molar-refractivity contribution in [2.24, 2.45) is 0 Å². The van der Waals surface area contributed by atoms with Gasteiger partial charge in [-0.15, -0.1) is 0 Å². The van der Waals surface area contributed by atoms with Crippen molar-refractivity contribution in [3.63, 3.8) is 0 Å². The van der Waals surface area contributed by atoms with Gasteiger partial charge in [-0.05, 0) is 18.6 Å². The van der Waals surface area contributed by atoms with Crippen LogP contribution in [-0.2, 0) is 0 Å². The van der Waals surface area contributed by atoms with E-state index in [2.05, 4.69) is 4.98 Å². The maximum Gasteiger partial charge on any atom is 0.161 e. The van der Waals surface area contributed by atoms with E-state index < -0.39 is 0 Å². The molecule has 1 atom stereocenters. The first-order valence-electron chi connectivity index (χ1n) is 4.70. The molecule has 1 aliphatic heterocycles. The Morgan fingerprint density at radius 3 is 3.00 bits per heavy atom. The summed E-state index contributed by atoms with van der Waals surface area (Å²) in [6, 6.07) is 5.36. The summed E-state index contributed by atoms with van der Waals surface area (Å²) in [6.07, 6.45) is 0.444. The van der Waals surface area contributed by atoms with Crippen LogP contribution in [-0.4, -0.2) is 29.3 Å². The minimum atomic E-state index is -0.298. The minimum Gasteiger partial charge on any atom is -0.391 e. The van der Waals surface area contributed by atoms with E-state index in [4.69, 9.17) is 16.9 Å². The smallest absolute Gasteiger partial charge is 0.161 e. The van der Waals surface area contributed by atoms with Gasteiger partial charge in [0.05, 0.1) is 11.1 Å². The lowest BCUT2D eigenvalue weighted by atomic mass is 10.3. The molecule has 0 spiro atoms. The standard InChI is InChI=1S/C10H10ClN3O/c11-8-1-2-10(13-9(8)5-12)14-4-3-7(15)6-14/h1-2,7,15H,3-4,6H2/t7-/m0/s1. The molecule has 1 aromatic rings. The molecule has 0 amide bonds. The van der Waals surface area contributed by atoms with Crippen LogP contribution in [0.4, 0.5) is 5.82 Å². The Morgan fingerprint density at radius 2 is 2.40 bits per heavy atom. The topological polar surface area (TPSA) is 60.2 Å². The SMILES string of the molecule is N#Cc1nc(N2CC[C@H](O)C2)ccc1Cl. The molecule has 0 unspecified atom stereocenters. The number of hydrogen-bond acceptors (Lipinski definition) is 4. The Hall–Kier alpha value is -1.31. The van der Waals surface area contributed by atoms with E-state index in [-0.39, 0.29) is 11.8 Å². The van der Waals surface area contributed by atoms with Gasteiger partial charge in [-0.1, -0.05) is 11.6 Å². The number of halogens is 1. The molecule has 5 heteroatoms. The summed E-state index contributed by atoms with van der Waals surface area (Å²) in [4.78, 5) is 6.08. The van der Waals surface area contributed by atoms with Crippen molar-refractivity contribution < 1.29 is 5.11 Å². The molecule has 0 saturated carbocycles. The van der Waals surface area contributed by atoms with Gasteiger partial charge in [0.25, 0.3) is 0 Å². The number of rotatable bonds is 1. The molecule has 0 aliphatic carbocycles. The van der Waals surface area contributed by atoms with Gasteiger partial charge in [-0.2, -0.15) is 5.26 Å². The number of aliphatic hydroxyl groups is 1. The first-order chi connectivity index (χ1) is 7.20. The quantitative estimate of drug-likeness (QED) is 0.777. The molecule has 1 fully saturated rings. The Bertz CT molecular complexity index is 416. The molecule has 2 rings (SSSR count). The molecular weight excluding hydrogens is 214 g/mol.